The Morgan fingerprint density at radius 2 is 2.14 bits per heavy atom. The smallest absolute Gasteiger partial charge is 0.228 e. The van der Waals surface area contributed by atoms with Gasteiger partial charge in [0.05, 0.1) is 11.8 Å². The zero-order valence-corrected chi connectivity index (χ0v) is 12.7. The number of benzene rings is 1. The molecule has 0 spiro atoms. The number of hydrogen-bond acceptors (Lipinski definition) is 2. The summed E-state index contributed by atoms with van der Waals surface area (Å²) < 4.78 is 13.1. The number of nitrogens with one attached hydrogen (secondary N) is 1. The lowest BCUT2D eigenvalue weighted by Crippen LogP contribution is -2.40. The van der Waals surface area contributed by atoms with Crippen molar-refractivity contribution in [1.82, 2.24) is 4.90 Å². The second kappa shape index (κ2) is 6.07. The van der Waals surface area contributed by atoms with Crippen molar-refractivity contribution in [3.8, 4) is 0 Å². The van der Waals surface area contributed by atoms with Crippen molar-refractivity contribution in [1.29, 1.82) is 0 Å². The fourth-order valence-electron chi connectivity index (χ4n) is 3.18. The molecule has 118 valence electrons. The van der Waals surface area contributed by atoms with E-state index in [2.05, 4.69) is 12.2 Å². The fraction of sp³-hybridized carbons (Fsp3) is 0.529. The molecule has 0 bridgehead atoms. The van der Waals surface area contributed by atoms with Crippen molar-refractivity contribution in [3.05, 3.63) is 30.1 Å². The Morgan fingerprint density at radius 3 is 2.86 bits per heavy atom. The molecule has 1 N–H and O–H groups in total. The van der Waals surface area contributed by atoms with Crippen LogP contribution in [0.25, 0.3) is 0 Å². The minimum atomic E-state index is -0.386. The summed E-state index contributed by atoms with van der Waals surface area (Å²) >= 11 is 0. The molecule has 3 unspecified atom stereocenters. The number of halogens is 1. The molecule has 1 aliphatic heterocycles. The standard InChI is InChI=1S/C17H21FN2O2/c1-11-4-3-7-20(10-11)17(22)15-9-14(15)16(21)19-13-6-2-5-12(18)8-13/h2,5-6,8,11,14-15H,3-4,7,9-10H2,1H3,(H,19,21). The molecule has 1 saturated heterocycles. The van der Waals surface area contributed by atoms with Gasteiger partial charge in [-0.1, -0.05) is 13.0 Å². The van der Waals surface area contributed by atoms with E-state index in [1.165, 1.54) is 12.1 Å². The lowest BCUT2D eigenvalue weighted by molar-refractivity contribution is -0.135. The molecule has 1 aromatic carbocycles. The van der Waals surface area contributed by atoms with Crippen molar-refractivity contribution in [2.24, 2.45) is 17.8 Å². The monoisotopic (exact) mass is 304 g/mol. The second-order valence-corrected chi connectivity index (χ2v) is 6.48. The van der Waals surface area contributed by atoms with E-state index >= 15 is 0 Å². The van der Waals surface area contributed by atoms with E-state index in [-0.39, 0.29) is 29.5 Å². The predicted octanol–water partition coefficient (Wildman–Crippen LogP) is 2.66. The number of amides is 2. The van der Waals surface area contributed by atoms with Crippen LogP contribution in [-0.4, -0.2) is 29.8 Å². The van der Waals surface area contributed by atoms with Crippen LogP contribution in [0.5, 0.6) is 0 Å². The average Bonchev–Trinajstić information content (AvgIpc) is 3.27. The summed E-state index contributed by atoms with van der Waals surface area (Å²) in [5, 5.41) is 2.69. The van der Waals surface area contributed by atoms with E-state index < -0.39 is 0 Å². The Balaban J connectivity index is 1.55. The van der Waals surface area contributed by atoms with Gasteiger partial charge >= 0.3 is 0 Å². The van der Waals surface area contributed by atoms with Gasteiger partial charge < -0.3 is 10.2 Å². The topological polar surface area (TPSA) is 49.4 Å². The first kappa shape index (κ1) is 15.0. The molecule has 3 rings (SSSR count). The van der Waals surface area contributed by atoms with E-state index in [9.17, 15) is 14.0 Å². The second-order valence-electron chi connectivity index (χ2n) is 6.48. The predicted molar refractivity (Wildman–Crippen MR) is 81.6 cm³/mol. The number of carbonyl (C=O) groups is 2. The fourth-order valence-corrected chi connectivity index (χ4v) is 3.18. The number of piperidine rings is 1. The first-order chi connectivity index (χ1) is 10.5. The molecule has 1 aliphatic carbocycles. The van der Waals surface area contributed by atoms with Crippen LogP contribution in [0.2, 0.25) is 0 Å². The molecular weight excluding hydrogens is 283 g/mol. The van der Waals surface area contributed by atoms with Gasteiger partial charge in [-0.2, -0.15) is 0 Å². The van der Waals surface area contributed by atoms with Crippen LogP contribution in [0.1, 0.15) is 26.2 Å². The maximum Gasteiger partial charge on any atom is 0.228 e. The molecule has 2 aliphatic rings. The summed E-state index contributed by atoms with van der Waals surface area (Å²) in [4.78, 5) is 26.5. The van der Waals surface area contributed by atoms with E-state index in [0.717, 1.165) is 25.9 Å². The van der Waals surface area contributed by atoms with E-state index in [1.807, 2.05) is 4.90 Å². The zero-order chi connectivity index (χ0) is 15.7. The highest BCUT2D eigenvalue weighted by Crippen LogP contribution is 2.41. The summed E-state index contributed by atoms with van der Waals surface area (Å²) in [6, 6.07) is 5.81. The molecule has 3 atom stereocenters. The largest absolute Gasteiger partial charge is 0.342 e. The molecule has 4 nitrogen and oxygen atoms in total. The molecule has 1 saturated carbocycles. The van der Waals surface area contributed by atoms with Gasteiger partial charge in [0.2, 0.25) is 11.8 Å². The van der Waals surface area contributed by atoms with E-state index in [4.69, 9.17) is 0 Å². The van der Waals surface area contributed by atoms with Crippen LogP contribution in [0.15, 0.2) is 24.3 Å². The molecule has 1 heterocycles. The van der Waals surface area contributed by atoms with Gasteiger partial charge in [-0.05, 0) is 43.4 Å². The van der Waals surface area contributed by atoms with E-state index in [1.54, 1.807) is 12.1 Å². The molecule has 0 aromatic heterocycles. The molecule has 1 aromatic rings. The molecular formula is C17H21FN2O2. The maximum atomic E-state index is 13.1. The number of anilines is 1. The Labute approximate surface area is 129 Å². The van der Waals surface area contributed by atoms with Gasteiger partial charge in [0, 0.05) is 18.8 Å². The summed E-state index contributed by atoms with van der Waals surface area (Å²) in [6.45, 7) is 3.76. The van der Waals surface area contributed by atoms with E-state index in [0.29, 0.717) is 18.0 Å². The third-order valence-electron chi connectivity index (χ3n) is 4.51. The summed E-state index contributed by atoms with van der Waals surface area (Å²) in [6.07, 6.45) is 2.81. The van der Waals surface area contributed by atoms with Gasteiger partial charge in [0.15, 0.2) is 0 Å². The quantitative estimate of drug-likeness (QED) is 0.933. The Morgan fingerprint density at radius 1 is 1.32 bits per heavy atom. The van der Waals surface area contributed by atoms with Gasteiger partial charge in [-0.25, -0.2) is 4.39 Å². The highest BCUT2D eigenvalue weighted by molar-refractivity contribution is 5.99. The SMILES string of the molecule is CC1CCCN(C(=O)C2CC2C(=O)Nc2cccc(F)c2)C1. The Kier molecular flexibility index (Phi) is 4.14. The Hall–Kier alpha value is -1.91. The third-order valence-corrected chi connectivity index (χ3v) is 4.51. The maximum absolute atomic E-state index is 13.1. The van der Waals surface area contributed by atoms with Crippen LogP contribution in [0.3, 0.4) is 0 Å². The van der Waals surface area contributed by atoms with Crippen LogP contribution >= 0.6 is 0 Å². The van der Waals surface area contributed by atoms with Gasteiger partial charge in [0.25, 0.3) is 0 Å². The van der Waals surface area contributed by atoms with Crippen LogP contribution in [0.4, 0.5) is 10.1 Å². The minimum Gasteiger partial charge on any atom is -0.342 e. The highest BCUT2D eigenvalue weighted by Gasteiger charge is 2.49. The number of hydrogen-bond donors (Lipinski definition) is 1. The molecule has 2 fully saturated rings. The first-order valence-electron chi connectivity index (χ1n) is 7.90. The lowest BCUT2D eigenvalue weighted by atomic mass is 10.00. The zero-order valence-electron chi connectivity index (χ0n) is 12.7. The van der Waals surface area contributed by atoms with Gasteiger partial charge in [-0.15, -0.1) is 0 Å². The minimum absolute atomic E-state index is 0.103. The van der Waals surface area contributed by atoms with Gasteiger partial charge in [0.1, 0.15) is 5.82 Å². The molecule has 2 amide bonds. The van der Waals surface area contributed by atoms with Crippen molar-refractivity contribution in [2.75, 3.05) is 18.4 Å². The number of likely N-dealkylation sites (tertiary alicyclic amines) is 1. The number of rotatable bonds is 3. The molecule has 5 heteroatoms. The van der Waals surface area contributed by atoms with Crippen molar-refractivity contribution < 1.29 is 14.0 Å². The van der Waals surface area contributed by atoms with Crippen LogP contribution in [-0.2, 0) is 9.59 Å². The molecule has 0 radical (unpaired) electrons. The van der Waals surface area contributed by atoms with Crippen molar-refractivity contribution in [2.45, 2.75) is 26.2 Å². The van der Waals surface area contributed by atoms with Crippen molar-refractivity contribution >= 4 is 17.5 Å². The molecule has 22 heavy (non-hydrogen) atoms. The number of nitrogens with zero attached hydrogens (tertiary/aromatic N) is 1. The normalized spacial score (nSPS) is 27.4. The van der Waals surface area contributed by atoms with Crippen LogP contribution < -0.4 is 5.32 Å². The summed E-state index contributed by atoms with van der Waals surface area (Å²) in [5.41, 5.74) is 0.440. The lowest BCUT2D eigenvalue weighted by Gasteiger charge is -2.31. The third kappa shape index (κ3) is 3.29. The highest BCUT2D eigenvalue weighted by atomic mass is 19.1. The number of carbonyl (C=O) groups excluding carboxylic acids is 2. The summed E-state index contributed by atoms with van der Waals surface area (Å²) in [7, 11) is 0. The van der Waals surface area contributed by atoms with Crippen molar-refractivity contribution in [3.63, 3.8) is 0 Å². The Bertz CT molecular complexity index is 590. The average molecular weight is 304 g/mol. The van der Waals surface area contributed by atoms with Crippen LogP contribution in [0, 0.1) is 23.6 Å². The summed E-state index contributed by atoms with van der Waals surface area (Å²) in [5.74, 6) is -0.397. The first-order valence-corrected chi connectivity index (χ1v) is 7.90. The van der Waals surface area contributed by atoms with Gasteiger partial charge in [-0.3, -0.25) is 9.59 Å².